The first-order chi connectivity index (χ1) is 15.0. The van der Waals surface area contributed by atoms with Gasteiger partial charge in [-0.15, -0.1) is 0 Å². The lowest BCUT2D eigenvalue weighted by Gasteiger charge is -2.43. The monoisotopic (exact) mass is 446 g/mol. The van der Waals surface area contributed by atoms with Crippen molar-refractivity contribution in [2.75, 3.05) is 39.4 Å². The number of nitrogens with one attached hydrogen (secondary N) is 1. The summed E-state index contributed by atoms with van der Waals surface area (Å²) >= 11 is 6.00. The van der Waals surface area contributed by atoms with E-state index >= 15 is 0 Å². The van der Waals surface area contributed by atoms with Gasteiger partial charge in [0, 0.05) is 49.0 Å². The Kier molecular flexibility index (Phi) is 7.15. The Morgan fingerprint density at radius 3 is 2.71 bits per heavy atom. The highest BCUT2D eigenvalue weighted by molar-refractivity contribution is 6.30. The summed E-state index contributed by atoms with van der Waals surface area (Å²) in [5.41, 5.74) is 1.54. The lowest BCUT2D eigenvalue weighted by atomic mass is 9.96. The normalized spacial score (nSPS) is 22.5. The van der Waals surface area contributed by atoms with Gasteiger partial charge in [0.15, 0.2) is 0 Å². The van der Waals surface area contributed by atoms with Gasteiger partial charge in [0.05, 0.1) is 19.2 Å². The van der Waals surface area contributed by atoms with Crippen molar-refractivity contribution in [3.05, 3.63) is 46.7 Å². The molecular formula is C23H31ClN4O3. The molecule has 1 aromatic carbocycles. The first-order valence-electron chi connectivity index (χ1n) is 11.0. The van der Waals surface area contributed by atoms with Gasteiger partial charge >= 0.3 is 0 Å². The van der Waals surface area contributed by atoms with E-state index in [9.17, 15) is 4.79 Å². The molecule has 2 fully saturated rings. The van der Waals surface area contributed by atoms with Crippen molar-refractivity contribution in [3.8, 4) is 5.75 Å². The number of aromatic amines is 1. The van der Waals surface area contributed by atoms with E-state index in [2.05, 4.69) is 15.1 Å². The number of ether oxygens (including phenoxy) is 2. The fourth-order valence-electron chi connectivity index (χ4n) is 4.36. The van der Waals surface area contributed by atoms with Crippen molar-refractivity contribution in [1.82, 2.24) is 20.0 Å². The summed E-state index contributed by atoms with van der Waals surface area (Å²) in [5, 5.41) is 7.80. The van der Waals surface area contributed by atoms with Gasteiger partial charge < -0.3 is 14.4 Å². The fourth-order valence-corrected chi connectivity index (χ4v) is 4.48. The molecule has 2 aliphatic rings. The van der Waals surface area contributed by atoms with Crippen LogP contribution in [0, 0.1) is 6.92 Å². The predicted octanol–water partition coefficient (Wildman–Crippen LogP) is 3.42. The quantitative estimate of drug-likeness (QED) is 0.705. The van der Waals surface area contributed by atoms with Crippen molar-refractivity contribution >= 4 is 17.5 Å². The van der Waals surface area contributed by atoms with E-state index in [1.165, 1.54) is 6.42 Å². The van der Waals surface area contributed by atoms with E-state index in [-0.39, 0.29) is 5.91 Å². The summed E-state index contributed by atoms with van der Waals surface area (Å²) in [6.45, 7) is 6.79. The molecule has 2 aromatic rings. The number of hydrogen-bond acceptors (Lipinski definition) is 5. The van der Waals surface area contributed by atoms with Crippen LogP contribution in [-0.4, -0.2) is 70.9 Å². The standard InChI is InChI=1S/C23H31ClN4O3/c1-18-19(14-25-26-18)15-27-11-12-31-23(16-27,13-22(29)28-9-3-2-4-10-28)17-30-21-7-5-20(24)6-8-21/h5-8,14H,2-4,9-13,15-17H2,1H3,(H,25,26)/t23-/m0/s1. The van der Waals surface area contributed by atoms with Crippen LogP contribution < -0.4 is 4.74 Å². The van der Waals surface area contributed by atoms with E-state index < -0.39 is 5.60 Å². The summed E-state index contributed by atoms with van der Waals surface area (Å²) < 4.78 is 12.4. The number of H-pyrrole nitrogens is 1. The van der Waals surface area contributed by atoms with Crippen LogP contribution in [0.25, 0.3) is 0 Å². The molecule has 0 aliphatic carbocycles. The zero-order chi connectivity index (χ0) is 21.7. The highest BCUT2D eigenvalue weighted by Crippen LogP contribution is 2.27. The summed E-state index contributed by atoms with van der Waals surface area (Å²) in [5.74, 6) is 0.876. The van der Waals surface area contributed by atoms with E-state index in [0.29, 0.717) is 31.2 Å². The highest BCUT2D eigenvalue weighted by Gasteiger charge is 2.41. The number of amides is 1. The number of piperidine rings is 1. The number of carbonyl (C=O) groups is 1. The third-order valence-electron chi connectivity index (χ3n) is 6.15. The number of nitrogens with zero attached hydrogens (tertiary/aromatic N) is 3. The SMILES string of the molecule is Cc1[nH]ncc1CN1CCO[C@@](COc2ccc(Cl)cc2)(CC(=O)N2CCCCC2)C1. The van der Waals surface area contributed by atoms with Gasteiger partial charge in [-0.25, -0.2) is 0 Å². The third-order valence-corrected chi connectivity index (χ3v) is 6.41. The molecule has 8 heteroatoms. The molecule has 0 radical (unpaired) electrons. The lowest BCUT2D eigenvalue weighted by Crippen LogP contribution is -2.57. The Balaban J connectivity index is 1.48. The smallest absolute Gasteiger partial charge is 0.225 e. The Labute approximate surface area is 188 Å². The van der Waals surface area contributed by atoms with Crippen LogP contribution in [0.4, 0.5) is 0 Å². The van der Waals surface area contributed by atoms with Crippen molar-refractivity contribution in [2.24, 2.45) is 0 Å². The van der Waals surface area contributed by atoms with Gasteiger partial charge in [0.2, 0.25) is 5.91 Å². The van der Waals surface area contributed by atoms with Gasteiger partial charge in [0.1, 0.15) is 18.0 Å². The minimum Gasteiger partial charge on any atom is -0.491 e. The van der Waals surface area contributed by atoms with Crippen LogP contribution in [0.2, 0.25) is 5.02 Å². The minimum atomic E-state index is -0.690. The zero-order valence-corrected chi connectivity index (χ0v) is 18.9. The number of halogens is 1. The summed E-state index contributed by atoms with van der Waals surface area (Å²) in [7, 11) is 0. The second kappa shape index (κ2) is 10.0. The molecule has 1 amide bonds. The average molecular weight is 447 g/mol. The number of morpholine rings is 1. The van der Waals surface area contributed by atoms with Crippen LogP contribution in [0.15, 0.2) is 30.5 Å². The van der Waals surface area contributed by atoms with Crippen molar-refractivity contribution in [2.45, 2.75) is 44.8 Å². The molecule has 168 valence electrons. The molecule has 0 unspecified atom stereocenters. The lowest BCUT2D eigenvalue weighted by molar-refractivity contribution is -0.157. The maximum atomic E-state index is 13.1. The Morgan fingerprint density at radius 2 is 2.00 bits per heavy atom. The minimum absolute atomic E-state index is 0.153. The van der Waals surface area contributed by atoms with Crippen LogP contribution in [0.3, 0.4) is 0 Å². The molecule has 0 saturated carbocycles. The Morgan fingerprint density at radius 1 is 1.23 bits per heavy atom. The topological polar surface area (TPSA) is 70.7 Å². The van der Waals surface area contributed by atoms with Gasteiger partial charge in [-0.05, 0) is 50.5 Å². The van der Waals surface area contributed by atoms with Gasteiger partial charge in [0.25, 0.3) is 0 Å². The number of rotatable bonds is 7. The molecule has 31 heavy (non-hydrogen) atoms. The van der Waals surface area contributed by atoms with E-state index in [4.69, 9.17) is 21.1 Å². The summed E-state index contributed by atoms with van der Waals surface area (Å²) in [6.07, 6.45) is 5.54. The number of hydrogen-bond donors (Lipinski definition) is 1. The molecule has 0 bridgehead atoms. The molecule has 1 atom stereocenters. The largest absolute Gasteiger partial charge is 0.491 e. The second-order valence-corrected chi connectivity index (χ2v) is 9.06. The molecule has 7 nitrogen and oxygen atoms in total. The van der Waals surface area contributed by atoms with Gasteiger partial charge in [-0.3, -0.25) is 14.8 Å². The number of aryl methyl sites for hydroxylation is 1. The molecule has 0 spiro atoms. The average Bonchev–Trinajstić information content (AvgIpc) is 3.18. The molecule has 4 rings (SSSR count). The number of carbonyl (C=O) groups excluding carboxylic acids is 1. The second-order valence-electron chi connectivity index (χ2n) is 8.62. The maximum absolute atomic E-state index is 13.1. The highest BCUT2D eigenvalue weighted by atomic mass is 35.5. The number of aromatic nitrogens is 2. The maximum Gasteiger partial charge on any atom is 0.225 e. The first-order valence-corrected chi connectivity index (χ1v) is 11.4. The third kappa shape index (κ3) is 5.79. The first kappa shape index (κ1) is 22.1. The Bertz CT molecular complexity index is 866. The summed E-state index contributed by atoms with van der Waals surface area (Å²) in [6, 6.07) is 7.30. The summed E-state index contributed by atoms with van der Waals surface area (Å²) in [4.78, 5) is 17.5. The molecule has 1 N–H and O–H groups in total. The molecule has 1 aromatic heterocycles. The number of likely N-dealkylation sites (tertiary alicyclic amines) is 1. The van der Waals surface area contributed by atoms with Crippen molar-refractivity contribution < 1.29 is 14.3 Å². The zero-order valence-electron chi connectivity index (χ0n) is 18.1. The Hall–Kier alpha value is -2.09. The molecule has 2 aliphatic heterocycles. The van der Waals surface area contributed by atoms with E-state index in [0.717, 1.165) is 56.0 Å². The molecule has 2 saturated heterocycles. The van der Waals surface area contributed by atoms with E-state index in [1.54, 1.807) is 12.1 Å². The van der Waals surface area contributed by atoms with Gasteiger partial charge in [-0.1, -0.05) is 11.6 Å². The van der Waals surface area contributed by atoms with Crippen LogP contribution in [-0.2, 0) is 16.1 Å². The van der Waals surface area contributed by atoms with Gasteiger partial charge in [-0.2, -0.15) is 5.10 Å². The molecule has 3 heterocycles. The van der Waals surface area contributed by atoms with Crippen LogP contribution in [0.1, 0.15) is 36.9 Å². The van der Waals surface area contributed by atoms with Crippen molar-refractivity contribution in [3.63, 3.8) is 0 Å². The van der Waals surface area contributed by atoms with Crippen LogP contribution in [0.5, 0.6) is 5.75 Å². The van der Waals surface area contributed by atoms with Crippen molar-refractivity contribution in [1.29, 1.82) is 0 Å². The van der Waals surface area contributed by atoms with E-state index in [1.807, 2.05) is 30.2 Å². The number of benzene rings is 1. The fraction of sp³-hybridized carbons (Fsp3) is 0.565. The molecular weight excluding hydrogens is 416 g/mol. The van der Waals surface area contributed by atoms with Crippen LogP contribution >= 0.6 is 11.6 Å². The predicted molar refractivity (Wildman–Crippen MR) is 119 cm³/mol.